The Morgan fingerprint density at radius 2 is 2.00 bits per heavy atom. The van der Waals surface area contributed by atoms with Crippen molar-refractivity contribution in [2.75, 3.05) is 0 Å². The Hall–Kier alpha value is -0.440. The average molecular weight is 137 g/mol. The minimum absolute atomic E-state index is 1.06. The second-order valence-electron chi connectivity index (χ2n) is 2.54. The Morgan fingerprint density at radius 3 is 2.50 bits per heavy atom. The topological polar surface area (TPSA) is 0 Å². The van der Waals surface area contributed by atoms with E-state index in [0.717, 1.165) is 12.8 Å². The maximum atomic E-state index is 3.15. The fourth-order valence-electron chi connectivity index (χ4n) is 0.567. The zero-order valence-electron chi connectivity index (χ0n) is 7.33. The lowest BCUT2D eigenvalue weighted by molar-refractivity contribution is 0.827. The van der Waals surface area contributed by atoms with Crippen LogP contribution >= 0.6 is 0 Å². The fraction of sp³-hybridized carbons (Fsp3) is 0.700. The highest BCUT2D eigenvalue weighted by Gasteiger charge is 1.89. The van der Waals surface area contributed by atoms with Crippen LogP contribution in [0.15, 0.2) is 0 Å². The third kappa shape index (κ3) is 5.69. The van der Waals surface area contributed by atoms with E-state index in [2.05, 4.69) is 32.6 Å². The molecule has 0 aliphatic heterocycles. The number of rotatable bonds is 3. The van der Waals surface area contributed by atoms with E-state index in [1.165, 1.54) is 18.8 Å². The zero-order chi connectivity index (χ0) is 7.82. The van der Waals surface area contributed by atoms with Gasteiger partial charge in [-0.1, -0.05) is 26.2 Å². The van der Waals surface area contributed by atoms with Crippen molar-refractivity contribution in [2.24, 2.45) is 0 Å². The Bertz CT molecular complexity index is 114. The van der Waals surface area contributed by atoms with Gasteiger partial charge in [0, 0.05) is 12.3 Å². The first-order valence-electron chi connectivity index (χ1n) is 4.12. The molecule has 0 saturated heterocycles. The van der Waals surface area contributed by atoms with Gasteiger partial charge in [0.2, 0.25) is 0 Å². The fourth-order valence-corrected chi connectivity index (χ4v) is 0.567. The van der Waals surface area contributed by atoms with Crippen molar-refractivity contribution in [3.05, 3.63) is 5.92 Å². The molecule has 0 aliphatic carbocycles. The van der Waals surface area contributed by atoms with Crippen LogP contribution in [0, 0.1) is 17.8 Å². The number of hydrogen-bond acceptors (Lipinski definition) is 0. The summed E-state index contributed by atoms with van der Waals surface area (Å²) in [4.78, 5) is 0. The van der Waals surface area contributed by atoms with Crippen molar-refractivity contribution in [3.63, 3.8) is 0 Å². The summed E-state index contributed by atoms with van der Waals surface area (Å²) in [6.45, 7) is 6.43. The second kappa shape index (κ2) is 6.68. The number of hydrogen-bond donors (Lipinski definition) is 0. The minimum atomic E-state index is 1.06. The molecule has 0 rings (SSSR count). The molecule has 0 aliphatic rings. The standard InChI is InChI=1S/C10H17/c1-4-6-7-8-9-10(3)5-2/h4-7H2,1-3H3. The van der Waals surface area contributed by atoms with Crippen LogP contribution in [0.25, 0.3) is 0 Å². The van der Waals surface area contributed by atoms with Crippen LogP contribution in [0.1, 0.15) is 46.5 Å². The first-order valence-corrected chi connectivity index (χ1v) is 4.12. The van der Waals surface area contributed by atoms with Gasteiger partial charge in [0.1, 0.15) is 0 Å². The van der Waals surface area contributed by atoms with E-state index in [1.54, 1.807) is 0 Å². The maximum absolute atomic E-state index is 3.15. The van der Waals surface area contributed by atoms with Crippen molar-refractivity contribution in [3.8, 4) is 11.8 Å². The molecule has 0 N–H and O–H groups in total. The van der Waals surface area contributed by atoms with Gasteiger partial charge in [-0.3, -0.25) is 0 Å². The van der Waals surface area contributed by atoms with Gasteiger partial charge in [-0.25, -0.2) is 0 Å². The normalized spacial score (nSPS) is 9.20. The summed E-state index contributed by atoms with van der Waals surface area (Å²) in [5.74, 6) is 7.59. The van der Waals surface area contributed by atoms with Crippen LogP contribution in [0.2, 0.25) is 0 Å². The van der Waals surface area contributed by atoms with E-state index >= 15 is 0 Å². The van der Waals surface area contributed by atoms with Crippen LogP contribution in [0.4, 0.5) is 0 Å². The van der Waals surface area contributed by atoms with E-state index in [1.807, 2.05) is 0 Å². The molecule has 0 bridgehead atoms. The zero-order valence-corrected chi connectivity index (χ0v) is 7.33. The molecule has 0 amide bonds. The largest absolute Gasteiger partial charge is 0.103 e. The van der Waals surface area contributed by atoms with Crippen LogP contribution in [-0.4, -0.2) is 0 Å². The molecule has 0 aromatic rings. The summed E-state index contributed by atoms with van der Waals surface area (Å²) in [6, 6.07) is 0. The van der Waals surface area contributed by atoms with Crippen molar-refractivity contribution in [2.45, 2.75) is 46.5 Å². The molecule has 0 nitrogen and oxygen atoms in total. The van der Waals surface area contributed by atoms with E-state index in [4.69, 9.17) is 0 Å². The summed E-state index contributed by atoms with van der Waals surface area (Å²) in [5, 5.41) is 0. The number of unbranched alkanes of at least 4 members (excludes halogenated alkanes) is 2. The van der Waals surface area contributed by atoms with Crippen LogP contribution in [-0.2, 0) is 0 Å². The lowest BCUT2D eigenvalue weighted by atomic mass is 10.1. The predicted octanol–water partition coefficient (Wildman–Crippen LogP) is 3.18. The average Bonchev–Trinajstić information content (AvgIpc) is 1.98. The molecule has 0 heteroatoms. The Morgan fingerprint density at radius 1 is 1.30 bits per heavy atom. The van der Waals surface area contributed by atoms with Gasteiger partial charge in [0.25, 0.3) is 0 Å². The van der Waals surface area contributed by atoms with Crippen molar-refractivity contribution >= 4 is 0 Å². The lowest BCUT2D eigenvalue weighted by Crippen LogP contribution is -1.81. The summed E-state index contributed by atoms with van der Waals surface area (Å²) >= 11 is 0. The Labute approximate surface area is 65.0 Å². The van der Waals surface area contributed by atoms with Gasteiger partial charge in [-0.2, -0.15) is 0 Å². The highest BCUT2D eigenvalue weighted by Crippen LogP contribution is 2.00. The van der Waals surface area contributed by atoms with E-state index < -0.39 is 0 Å². The quantitative estimate of drug-likeness (QED) is 0.414. The molecule has 0 aromatic heterocycles. The highest BCUT2D eigenvalue weighted by atomic mass is 13.9. The molecule has 10 heavy (non-hydrogen) atoms. The molecule has 0 atom stereocenters. The monoisotopic (exact) mass is 137 g/mol. The van der Waals surface area contributed by atoms with Gasteiger partial charge in [0.15, 0.2) is 0 Å². The SMILES string of the molecule is CCCCC#C[C](C)CC. The van der Waals surface area contributed by atoms with E-state index in [0.29, 0.717) is 0 Å². The third-order valence-electron chi connectivity index (χ3n) is 1.49. The predicted molar refractivity (Wildman–Crippen MR) is 46.5 cm³/mol. The van der Waals surface area contributed by atoms with Crippen LogP contribution < -0.4 is 0 Å². The molecule has 0 spiro atoms. The summed E-state index contributed by atoms with van der Waals surface area (Å²) < 4.78 is 0. The Kier molecular flexibility index (Phi) is 6.38. The smallest absolute Gasteiger partial charge is 0.0446 e. The van der Waals surface area contributed by atoms with E-state index in [-0.39, 0.29) is 0 Å². The molecule has 0 fully saturated rings. The first-order chi connectivity index (χ1) is 4.81. The minimum Gasteiger partial charge on any atom is -0.103 e. The van der Waals surface area contributed by atoms with Gasteiger partial charge >= 0.3 is 0 Å². The summed E-state index contributed by atoms with van der Waals surface area (Å²) in [7, 11) is 0. The van der Waals surface area contributed by atoms with Crippen molar-refractivity contribution < 1.29 is 0 Å². The first kappa shape index (κ1) is 9.56. The second-order valence-corrected chi connectivity index (χ2v) is 2.54. The highest BCUT2D eigenvalue weighted by molar-refractivity contribution is 5.18. The molecule has 0 heterocycles. The van der Waals surface area contributed by atoms with Crippen molar-refractivity contribution in [1.82, 2.24) is 0 Å². The Balaban J connectivity index is 3.29. The summed E-state index contributed by atoms with van der Waals surface area (Å²) in [6.07, 6.45) is 4.65. The molecule has 0 aromatic carbocycles. The molecule has 57 valence electrons. The van der Waals surface area contributed by atoms with Crippen molar-refractivity contribution in [1.29, 1.82) is 0 Å². The molecule has 1 radical (unpaired) electrons. The molecular weight excluding hydrogens is 120 g/mol. The van der Waals surface area contributed by atoms with Crippen LogP contribution in [0.3, 0.4) is 0 Å². The molecule has 0 unspecified atom stereocenters. The lowest BCUT2D eigenvalue weighted by Gasteiger charge is -1.92. The van der Waals surface area contributed by atoms with Gasteiger partial charge in [-0.05, 0) is 19.8 Å². The summed E-state index contributed by atoms with van der Waals surface area (Å²) in [5.41, 5.74) is 0. The maximum Gasteiger partial charge on any atom is 0.0446 e. The molecular formula is C10H17. The molecule has 0 saturated carbocycles. The van der Waals surface area contributed by atoms with E-state index in [9.17, 15) is 0 Å². The van der Waals surface area contributed by atoms with Gasteiger partial charge in [0.05, 0.1) is 0 Å². The van der Waals surface area contributed by atoms with Gasteiger partial charge in [-0.15, -0.1) is 5.92 Å². The van der Waals surface area contributed by atoms with Crippen LogP contribution in [0.5, 0.6) is 0 Å². The third-order valence-corrected chi connectivity index (χ3v) is 1.49. The van der Waals surface area contributed by atoms with Gasteiger partial charge < -0.3 is 0 Å².